The Balaban J connectivity index is 1.48. The van der Waals surface area contributed by atoms with Crippen LogP contribution in [0.2, 0.25) is 0 Å². The average Bonchev–Trinajstić information content (AvgIpc) is 3.52. The molecule has 10 nitrogen and oxygen atoms in total. The number of pyridine rings is 1. The minimum Gasteiger partial charge on any atom is -0.350 e. The van der Waals surface area contributed by atoms with Crippen LogP contribution in [0.3, 0.4) is 0 Å². The molecule has 0 aliphatic heterocycles. The Hall–Kier alpha value is -3.82. The van der Waals surface area contributed by atoms with E-state index in [1.165, 1.54) is 22.9 Å². The third-order valence-electron chi connectivity index (χ3n) is 4.98. The van der Waals surface area contributed by atoms with Crippen molar-refractivity contribution < 1.29 is 9.72 Å². The van der Waals surface area contributed by atoms with Crippen molar-refractivity contribution in [2.75, 3.05) is 6.54 Å². The van der Waals surface area contributed by atoms with Crippen LogP contribution in [-0.4, -0.2) is 36.7 Å². The molecule has 1 aliphatic carbocycles. The van der Waals surface area contributed by atoms with Gasteiger partial charge >= 0.3 is 5.69 Å². The van der Waals surface area contributed by atoms with Gasteiger partial charge in [0.05, 0.1) is 11.5 Å². The van der Waals surface area contributed by atoms with Crippen LogP contribution < -0.4 is 11.0 Å². The molecule has 1 aromatic carbocycles. The van der Waals surface area contributed by atoms with Gasteiger partial charge in [-0.1, -0.05) is 6.07 Å². The highest BCUT2D eigenvalue weighted by Gasteiger charge is 2.30. The van der Waals surface area contributed by atoms with E-state index in [4.69, 9.17) is 0 Å². The first-order valence-electron chi connectivity index (χ1n) is 9.58. The third-order valence-corrected chi connectivity index (χ3v) is 4.98. The zero-order valence-corrected chi connectivity index (χ0v) is 16.3. The van der Waals surface area contributed by atoms with Gasteiger partial charge in [-0.15, -0.1) is 5.10 Å². The summed E-state index contributed by atoms with van der Waals surface area (Å²) >= 11 is 0. The summed E-state index contributed by atoms with van der Waals surface area (Å²) in [5.41, 5.74) is 1.10. The fraction of sp³-hybridized carbons (Fsp3) is 0.300. The van der Waals surface area contributed by atoms with Crippen molar-refractivity contribution >= 4 is 11.6 Å². The van der Waals surface area contributed by atoms with E-state index in [0.29, 0.717) is 11.4 Å². The highest BCUT2D eigenvalue weighted by atomic mass is 16.6. The summed E-state index contributed by atoms with van der Waals surface area (Å²) in [5.74, 6) is 0.122. The lowest BCUT2D eigenvalue weighted by atomic mass is 10.1. The second-order valence-corrected chi connectivity index (χ2v) is 7.19. The third kappa shape index (κ3) is 3.84. The van der Waals surface area contributed by atoms with E-state index in [1.54, 1.807) is 30.0 Å². The van der Waals surface area contributed by atoms with Gasteiger partial charge in [0.25, 0.3) is 11.6 Å². The van der Waals surface area contributed by atoms with Crippen LogP contribution in [0.15, 0.2) is 47.5 Å². The van der Waals surface area contributed by atoms with Crippen molar-refractivity contribution in [3.8, 4) is 11.4 Å². The maximum Gasteiger partial charge on any atom is 0.346 e. The van der Waals surface area contributed by atoms with Crippen molar-refractivity contribution in [3.63, 3.8) is 0 Å². The van der Waals surface area contributed by atoms with E-state index < -0.39 is 10.8 Å². The molecule has 0 unspecified atom stereocenters. The van der Waals surface area contributed by atoms with Crippen LogP contribution in [0.4, 0.5) is 5.69 Å². The van der Waals surface area contributed by atoms with Crippen LogP contribution in [0.5, 0.6) is 0 Å². The molecular weight excluding hydrogens is 388 g/mol. The topological polar surface area (TPSA) is 125 Å². The minimum absolute atomic E-state index is 0.108. The number of rotatable bonds is 7. The zero-order chi connectivity index (χ0) is 21.3. The molecule has 1 saturated carbocycles. The Kier molecular flexibility index (Phi) is 5.13. The summed E-state index contributed by atoms with van der Waals surface area (Å²) in [5, 5.41) is 18.2. The standard InChI is InChI=1S/C20H20N6O4/c1-13-4-5-14(11-17(13)26(29)30)19(27)22-9-10-24-20(28)25(16-6-7-16)18(23-24)15-3-2-8-21-12-15/h2-5,8,11-12,16H,6-7,9-10H2,1H3,(H,22,27). The first kappa shape index (κ1) is 19.5. The number of aryl methyl sites for hydroxylation is 1. The molecule has 1 fully saturated rings. The number of nitrogens with one attached hydrogen (secondary N) is 1. The second-order valence-electron chi connectivity index (χ2n) is 7.19. The first-order valence-corrected chi connectivity index (χ1v) is 9.58. The Morgan fingerprint density at radius 2 is 2.13 bits per heavy atom. The van der Waals surface area contributed by atoms with Gasteiger partial charge in [0.15, 0.2) is 5.82 Å². The summed E-state index contributed by atoms with van der Waals surface area (Å²) in [7, 11) is 0. The average molecular weight is 408 g/mol. The van der Waals surface area contributed by atoms with Gasteiger partial charge in [-0.2, -0.15) is 0 Å². The fourth-order valence-electron chi connectivity index (χ4n) is 3.24. The van der Waals surface area contributed by atoms with Crippen molar-refractivity contribution in [1.29, 1.82) is 0 Å². The molecule has 0 atom stereocenters. The van der Waals surface area contributed by atoms with Gasteiger partial charge < -0.3 is 5.32 Å². The predicted octanol–water partition coefficient (Wildman–Crippen LogP) is 2.09. The monoisotopic (exact) mass is 408 g/mol. The predicted molar refractivity (Wildman–Crippen MR) is 108 cm³/mol. The summed E-state index contributed by atoms with van der Waals surface area (Å²) in [4.78, 5) is 39.8. The molecule has 1 N–H and O–H groups in total. The molecule has 2 aromatic heterocycles. The Bertz CT molecular complexity index is 1160. The van der Waals surface area contributed by atoms with Gasteiger partial charge in [0.1, 0.15) is 0 Å². The normalized spacial score (nSPS) is 13.2. The van der Waals surface area contributed by atoms with Gasteiger partial charge in [-0.3, -0.25) is 24.5 Å². The van der Waals surface area contributed by atoms with E-state index in [2.05, 4.69) is 15.4 Å². The largest absolute Gasteiger partial charge is 0.350 e. The fourth-order valence-corrected chi connectivity index (χ4v) is 3.24. The molecule has 30 heavy (non-hydrogen) atoms. The van der Waals surface area contributed by atoms with E-state index in [-0.39, 0.29) is 36.1 Å². The van der Waals surface area contributed by atoms with E-state index >= 15 is 0 Å². The van der Waals surface area contributed by atoms with Gasteiger partial charge in [0.2, 0.25) is 0 Å². The molecule has 0 spiro atoms. The molecule has 1 aliphatic rings. The van der Waals surface area contributed by atoms with Crippen LogP contribution in [0.25, 0.3) is 11.4 Å². The Labute approximate surface area is 171 Å². The SMILES string of the molecule is Cc1ccc(C(=O)NCCn2nc(-c3cccnc3)n(C3CC3)c2=O)cc1[N+](=O)[O-]. The van der Waals surface area contributed by atoms with Gasteiger partial charge in [0, 0.05) is 47.7 Å². The van der Waals surface area contributed by atoms with Gasteiger partial charge in [-0.25, -0.2) is 9.48 Å². The lowest BCUT2D eigenvalue weighted by Crippen LogP contribution is -2.32. The Morgan fingerprint density at radius 3 is 2.80 bits per heavy atom. The van der Waals surface area contributed by atoms with E-state index in [1.807, 2.05) is 6.07 Å². The zero-order valence-electron chi connectivity index (χ0n) is 16.3. The van der Waals surface area contributed by atoms with Crippen molar-refractivity contribution in [1.82, 2.24) is 24.6 Å². The summed E-state index contributed by atoms with van der Waals surface area (Å²) < 4.78 is 3.01. The maximum absolute atomic E-state index is 12.8. The molecule has 0 bridgehead atoms. The molecular formula is C20H20N6O4. The molecule has 4 rings (SSSR count). The summed E-state index contributed by atoms with van der Waals surface area (Å²) in [6.45, 7) is 1.96. The quantitative estimate of drug-likeness (QED) is 0.471. The second kappa shape index (κ2) is 7.90. The maximum atomic E-state index is 12.8. The number of carbonyl (C=O) groups is 1. The first-order chi connectivity index (χ1) is 14.5. The molecule has 3 aromatic rings. The van der Waals surface area contributed by atoms with Crippen molar-refractivity contribution in [2.24, 2.45) is 0 Å². The number of aromatic nitrogens is 4. The molecule has 10 heteroatoms. The van der Waals surface area contributed by atoms with Crippen LogP contribution in [-0.2, 0) is 6.54 Å². The highest BCUT2D eigenvalue weighted by molar-refractivity contribution is 5.94. The molecule has 154 valence electrons. The lowest BCUT2D eigenvalue weighted by molar-refractivity contribution is -0.385. The van der Waals surface area contributed by atoms with Crippen LogP contribution in [0.1, 0.15) is 34.8 Å². The smallest absolute Gasteiger partial charge is 0.346 e. The molecule has 0 radical (unpaired) electrons. The number of hydrogen-bond acceptors (Lipinski definition) is 6. The lowest BCUT2D eigenvalue weighted by Gasteiger charge is -2.06. The van der Waals surface area contributed by atoms with Crippen LogP contribution >= 0.6 is 0 Å². The van der Waals surface area contributed by atoms with E-state index in [0.717, 1.165) is 18.4 Å². The molecule has 0 saturated heterocycles. The summed E-state index contributed by atoms with van der Waals surface area (Å²) in [6.07, 6.45) is 5.19. The number of amides is 1. The number of benzene rings is 1. The number of carbonyl (C=O) groups excluding carboxylic acids is 1. The number of hydrogen-bond donors (Lipinski definition) is 1. The minimum atomic E-state index is -0.518. The van der Waals surface area contributed by atoms with Crippen molar-refractivity contribution in [3.05, 3.63) is 74.5 Å². The number of nitro benzene ring substituents is 1. The number of nitrogens with zero attached hydrogens (tertiary/aromatic N) is 5. The molecule has 2 heterocycles. The van der Waals surface area contributed by atoms with Crippen LogP contribution in [0, 0.1) is 17.0 Å². The van der Waals surface area contributed by atoms with Gasteiger partial charge in [-0.05, 0) is 38.0 Å². The summed E-state index contributed by atoms with van der Waals surface area (Å²) in [6, 6.07) is 8.10. The van der Waals surface area contributed by atoms with Crippen molar-refractivity contribution in [2.45, 2.75) is 32.4 Å². The number of nitro groups is 1. The van der Waals surface area contributed by atoms with E-state index in [9.17, 15) is 19.7 Å². The highest BCUT2D eigenvalue weighted by Crippen LogP contribution is 2.36. The molecule has 1 amide bonds. The Morgan fingerprint density at radius 1 is 1.33 bits per heavy atom.